The molecule has 0 heterocycles. The Hall–Kier alpha value is -4.45. The third-order valence-electron chi connectivity index (χ3n) is 13.9. The molecule has 0 spiro atoms. The molecule has 0 saturated heterocycles. The van der Waals surface area contributed by atoms with Gasteiger partial charge in [-0.1, -0.05) is 289 Å². The van der Waals surface area contributed by atoms with Crippen LogP contribution >= 0.6 is 0 Å². The molecule has 0 aliphatic heterocycles. The van der Waals surface area contributed by atoms with Crippen molar-refractivity contribution in [1.82, 2.24) is 0 Å². The highest BCUT2D eigenvalue weighted by Gasteiger charge is 2.19. The molecule has 0 amide bonds. The van der Waals surface area contributed by atoms with Crippen LogP contribution in [0.15, 0.2) is 134 Å². The van der Waals surface area contributed by atoms with E-state index in [1.165, 1.54) is 122 Å². The first-order chi connectivity index (χ1) is 39.5. The summed E-state index contributed by atoms with van der Waals surface area (Å²) in [6.07, 6.45) is 95.0. The van der Waals surface area contributed by atoms with Crippen LogP contribution in [0.1, 0.15) is 297 Å². The van der Waals surface area contributed by atoms with Gasteiger partial charge < -0.3 is 14.2 Å². The number of allylic oxidation sites excluding steroid dienone is 22. The van der Waals surface area contributed by atoms with Crippen molar-refractivity contribution >= 4 is 17.9 Å². The van der Waals surface area contributed by atoms with Gasteiger partial charge in [-0.05, 0) is 122 Å². The third-order valence-corrected chi connectivity index (χ3v) is 13.9. The highest BCUT2D eigenvalue weighted by atomic mass is 16.6. The first kappa shape index (κ1) is 75.5. The lowest BCUT2D eigenvalue weighted by Crippen LogP contribution is -2.30. The number of hydrogen-bond donors (Lipinski definition) is 0. The molecule has 0 aromatic carbocycles. The van der Waals surface area contributed by atoms with Gasteiger partial charge in [0.25, 0.3) is 0 Å². The second kappa shape index (κ2) is 67.1. The van der Waals surface area contributed by atoms with Gasteiger partial charge in [-0.25, -0.2) is 0 Å². The minimum absolute atomic E-state index is 0.0895. The Balaban J connectivity index is 4.17. The zero-order valence-corrected chi connectivity index (χ0v) is 52.0. The zero-order chi connectivity index (χ0) is 57.8. The van der Waals surface area contributed by atoms with Crippen LogP contribution in [-0.2, 0) is 28.6 Å². The summed E-state index contributed by atoms with van der Waals surface area (Å²) >= 11 is 0. The van der Waals surface area contributed by atoms with E-state index in [0.29, 0.717) is 19.3 Å². The minimum atomic E-state index is -0.792. The van der Waals surface area contributed by atoms with Gasteiger partial charge in [0.05, 0.1) is 0 Å². The predicted molar refractivity (Wildman–Crippen MR) is 348 cm³/mol. The summed E-state index contributed by atoms with van der Waals surface area (Å²) in [6, 6.07) is 0. The summed E-state index contributed by atoms with van der Waals surface area (Å²) < 4.78 is 16.8. The van der Waals surface area contributed by atoms with Gasteiger partial charge in [-0.3, -0.25) is 14.4 Å². The molecular weight excluding hydrogens is 985 g/mol. The summed E-state index contributed by atoms with van der Waals surface area (Å²) in [5.41, 5.74) is 0. The molecule has 1 unspecified atom stereocenters. The summed E-state index contributed by atoms with van der Waals surface area (Å²) in [4.78, 5) is 38.1. The van der Waals surface area contributed by atoms with Crippen molar-refractivity contribution < 1.29 is 28.6 Å². The molecule has 0 N–H and O–H groups in total. The van der Waals surface area contributed by atoms with Crippen molar-refractivity contribution in [3.63, 3.8) is 0 Å². The Labute approximate surface area is 494 Å². The van der Waals surface area contributed by atoms with E-state index < -0.39 is 6.10 Å². The van der Waals surface area contributed by atoms with Gasteiger partial charge in [0.1, 0.15) is 13.2 Å². The third kappa shape index (κ3) is 64.4. The van der Waals surface area contributed by atoms with Crippen LogP contribution in [0.4, 0.5) is 0 Å². The number of ether oxygens (including phenoxy) is 3. The molecule has 0 saturated carbocycles. The van der Waals surface area contributed by atoms with Gasteiger partial charge in [0.2, 0.25) is 0 Å². The normalized spacial score (nSPS) is 13.0. The number of hydrogen-bond acceptors (Lipinski definition) is 6. The SMILES string of the molecule is CC/C=C\C/C=C\C/C=C\C/C=C\C/C=C\C/C=C\C/C=C\C/C=C\CCCCCCC(=O)OCC(COC(=O)CCCCCCCC)OC(=O)CCCCCCCCCCCCCC/C=C\C/C=C\C/C=C\CCCCCCC. The standard InChI is InChI=1S/C74H122O6/c1-4-7-10-13-16-18-20-22-24-26-28-30-32-34-36-37-39-40-42-44-46-48-50-52-54-56-58-61-64-67-73(76)79-70-71(69-78-72(75)66-63-60-15-12-9-6-3)80-74(77)68-65-62-59-57-55-53-51-49-47-45-43-41-38-35-33-31-29-27-25-23-21-19-17-14-11-8-5-2/h7,10,16,18,21-24,27-30,33-36,39-40,44,46,50,52,71H,4-6,8-9,11-15,17,19-20,25-26,31-32,37-38,41-43,45,47-49,51,53-70H2,1-3H3/b10-7-,18-16-,23-21-,24-22-,29-27-,30-28-,35-33-,36-34-,40-39-,46-44-,52-50-. The van der Waals surface area contributed by atoms with E-state index in [1.54, 1.807) is 0 Å². The van der Waals surface area contributed by atoms with Gasteiger partial charge >= 0.3 is 17.9 Å². The number of rotatable bonds is 59. The van der Waals surface area contributed by atoms with E-state index in [2.05, 4.69) is 154 Å². The summed E-state index contributed by atoms with van der Waals surface area (Å²) in [5.74, 6) is -0.925. The second-order valence-corrected chi connectivity index (χ2v) is 21.6. The van der Waals surface area contributed by atoms with Crippen LogP contribution in [0.5, 0.6) is 0 Å². The molecule has 0 radical (unpaired) electrons. The van der Waals surface area contributed by atoms with Crippen molar-refractivity contribution in [2.24, 2.45) is 0 Å². The molecule has 454 valence electrons. The van der Waals surface area contributed by atoms with E-state index in [1.807, 2.05) is 0 Å². The fourth-order valence-electron chi connectivity index (χ4n) is 8.94. The Bertz CT molecular complexity index is 1700. The number of unbranched alkanes of at least 4 members (excludes halogenated alkanes) is 26. The molecule has 0 rings (SSSR count). The highest BCUT2D eigenvalue weighted by molar-refractivity contribution is 5.71. The number of carbonyl (C=O) groups excluding carboxylic acids is 3. The molecule has 0 bridgehead atoms. The van der Waals surface area contributed by atoms with Gasteiger partial charge in [-0.2, -0.15) is 0 Å². The van der Waals surface area contributed by atoms with E-state index in [-0.39, 0.29) is 31.1 Å². The van der Waals surface area contributed by atoms with Crippen molar-refractivity contribution in [3.05, 3.63) is 134 Å². The maximum Gasteiger partial charge on any atom is 0.306 e. The largest absolute Gasteiger partial charge is 0.462 e. The number of esters is 3. The highest BCUT2D eigenvalue weighted by Crippen LogP contribution is 2.15. The fraction of sp³-hybridized carbons (Fsp3) is 0.662. The van der Waals surface area contributed by atoms with Crippen molar-refractivity contribution in [3.8, 4) is 0 Å². The topological polar surface area (TPSA) is 78.9 Å². The van der Waals surface area contributed by atoms with Gasteiger partial charge in [-0.15, -0.1) is 0 Å². The van der Waals surface area contributed by atoms with Crippen molar-refractivity contribution in [1.29, 1.82) is 0 Å². The van der Waals surface area contributed by atoms with Crippen LogP contribution in [0.25, 0.3) is 0 Å². The smallest absolute Gasteiger partial charge is 0.306 e. The van der Waals surface area contributed by atoms with Crippen LogP contribution in [-0.4, -0.2) is 37.2 Å². The average Bonchev–Trinajstić information content (AvgIpc) is 3.46. The molecule has 0 aliphatic carbocycles. The minimum Gasteiger partial charge on any atom is -0.462 e. The molecule has 0 aromatic rings. The molecule has 0 fully saturated rings. The predicted octanol–water partition coefficient (Wildman–Crippen LogP) is 22.9. The Morgan fingerprint density at radius 1 is 0.263 bits per heavy atom. The summed E-state index contributed by atoms with van der Waals surface area (Å²) in [7, 11) is 0. The molecular formula is C74H122O6. The Kier molecular flexibility index (Phi) is 63.3. The van der Waals surface area contributed by atoms with Gasteiger partial charge in [0.15, 0.2) is 6.10 Å². The van der Waals surface area contributed by atoms with Crippen molar-refractivity contribution in [2.75, 3.05) is 13.2 Å². The summed E-state index contributed by atoms with van der Waals surface area (Å²) in [6.45, 7) is 6.44. The van der Waals surface area contributed by atoms with Crippen LogP contribution < -0.4 is 0 Å². The molecule has 6 nitrogen and oxygen atoms in total. The van der Waals surface area contributed by atoms with Crippen LogP contribution in [0.3, 0.4) is 0 Å². The monoisotopic (exact) mass is 1110 g/mol. The lowest BCUT2D eigenvalue weighted by atomic mass is 10.0. The molecule has 0 aromatic heterocycles. The molecule has 80 heavy (non-hydrogen) atoms. The van der Waals surface area contributed by atoms with E-state index >= 15 is 0 Å². The maximum atomic E-state index is 12.9. The fourth-order valence-corrected chi connectivity index (χ4v) is 8.94. The average molecular weight is 1110 g/mol. The number of carbonyl (C=O) groups is 3. The van der Waals surface area contributed by atoms with Crippen molar-refractivity contribution in [2.45, 2.75) is 303 Å². The van der Waals surface area contributed by atoms with E-state index in [0.717, 1.165) is 135 Å². The first-order valence-corrected chi connectivity index (χ1v) is 33.2. The quantitative estimate of drug-likeness (QED) is 0.0261. The van der Waals surface area contributed by atoms with Crippen LogP contribution in [0.2, 0.25) is 0 Å². The lowest BCUT2D eigenvalue weighted by molar-refractivity contribution is -0.167. The maximum absolute atomic E-state index is 12.9. The molecule has 6 heteroatoms. The van der Waals surface area contributed by atoms with E-state index in [9.17, 15) is 14.4 Å². The Morgan fingerprint density at radius 3 is 0.762 bits per heavy atom. The summed E-state index contributed by atoms with van der Waals surface area (Å²) in [5, 5.41) is 0. The van der Waals surface area contributed by atoms with Crippen LogP contribution in [0, 0.1) is 0 Å². The first-order valence-electron chi connectivity index (χ1n) is 33.2. The zero-order valence-electron chi connectivity index (χ0n) is 52.0. The molecule has 0 aliphatic rings. The lowest BCUT2D eigenvalue weighted by Gasteiger charge is -2.18. The van der Waals surface area contributed by atoms with Gasteiger partial charge in [0, 0.05) is 19.3 Å². The Morgan fingerprint density at radius 2 is 0.487 bits per heavy atom. The van der Waals surface area contributed by atoms with E-state index in [4.69, 9.17) is 14.2 Å². The second-order valence-electron chi connectivity index (χ2n) is 21.6. The molecule has 1 atom stereocenters.